The molecule has 0 spiro atoms. The van der Waals surface area contributed by atoms with E-state index >= 15 is 0 Å². The fourth-order valence-corrected chi connectivity index (χ4v) is 2.96. The molecule has 1 aromatic carbocycles. The zero-order valence-electron chi connectivity index (χ0n) is 12.4. The first-order chi connectivity index (χ1) is 10.7. The minimum atomic E-state index is -0.518. The summed E-state index contributed by atoms with van der Waals surface area (Å²) in [6, 6.07) is 6.35. The number of H-pyrrole nitrogens is 1. The molecule has 0 unspecified atom stereocenters. The van der Waals surface area contributed by atoms with Gasteiger partial charge in [-0.3, -0.25) is 9.89 Å². The van der Waals surface area contributed by atoms with Gasteiger partial charge in [-0.1, -0.05) is 6.07 Å². The van der Waals surface area contributed by atoms with Crippen molar-refractivity contribution < 1.29 is 13.9 Å². The van der Waals surface area contributed by atoms with E-state index in [1.165, 1.54) is 19.2 Å². The van der Waals surface area contributed by atoms with Crippen LogP contribution in [0.1, 0.15) is 34.8 Å². The molecule has 1 atom stereocenters. The number of methoxy groups -OCH3 is 1. The summed E-state index contributed by atoms with van der Waals surface area (Å²) in [5.41, 5.74) is 1.30. The van der Waals surface area contributed by atoms with Gasteiger partial charge in [0.15, 0.2) is 11.6 Å². The lowest BCUT2D eigenvalue weighted by Gasteiger charge is -2.32. The number of halogens is 1. The van der Waals surface area contributed by atoms with E-state index in [2.05, 4.69) is 10.2 Å². The monoisotopic (exact) mass is 303 g/mol. The average Bonchev–Trinajstić information content (AvgIpc) is 3.08. The quantitative estimate of drug-likeness (QED) is 0.948. The van der Waals surface area contributed by atoms with Crippen LogP contribution in [0.3, 0.4) is 0 Å². The van der Waals surface area contributed by atoms with E-state index in [-0.39, 0.29) is 23.1 Å². The highest BCUT2D eigenvalue weighted by Crippen LogP contribution is 2.29. The Balaban J connectivity index is 1.82. The van der Waals surface area contributed by atoms with Gasteiger partial charge in [-0.05, 0) is 31.0 Å². The Morgan fingerprint density at radius 3 is 3.05 bits per heavy atom. The Hall–Kier alpha value is -2.37. The van der Waals surface area contributed by atoms with Crippen molar-refractivity contribution in [3.8, 4) is 5.75 Å². The maximum Gasteiger partial charge on any atom is 0.257 e. The number of aromatic nitrogens is 2. The van der Waals surface area contributed by atoms with Crippen LogP contribution in [0.2, 0.25) is 0 Å². The third kappa shape index (κ3) is 2.68. The number of carbonyl (C=O) groups excluding carboxylic acids is 1. The SMILES string of the molecule is COc1c(F)cccc1C(=O)N1CCC[C@@H](c2ccn[nH]2)C1. The first-order valence-corrected chi connectivity index (χ1v) is 7.31. The lowest BCUT2D eigenvalue weighted by atomic mass is 9.94. The number of rotatable bonds is 3. The van der Waals surface area contributed by atoms with Gasteiger partial charge in [0.2, 0.25) is 0 Å². The first kappa shape index (κ1) is 14.6. The summed E-state index contributed by atoms with van der Waals surface area (Å²) < 4.78 is 18.8. The number of amides is 1. The molecular weight excluding hydrogens is 285 g/mol. The second-order valence-corrected chi connectivity index (χ2v) is 5.42. The van der Waals surface area contributed by atoms with Crippen LogP contribution in [0.25, 0.3) is 0 Å². The molecule has 1 saturated heterocycles. The van der Waals surface area contributed by atoms with E-state index in [1.807, 2.05) is 6.07 Å². The van der Waals surface area contributed by atoms with Crippen molar-refractivity contribution in [2.24, 2.45) is 0 Å². The summed E-state index contributed by atoms with van der Waals surface area (Å²) in [7, 11) is 1.37. The largest absolute Gasteiger partial charge is 0.493 e. The van der Waals surface area contributed by atoms with E-state index in [0.29, 0.717) is 13.1 Å². The standard InChI is InChI=1S/C16H18FN3O2/c1-22-15-12(5-2-6-13(15)17)16(21)20-9-3-4-11(10-20)14-7-8-18-19-14/h2,5-8,11H,3-4,9-10H2,1H3,(H,18,19)/t11-/m1/s1. The zero-order chi connectivity index (χ0) is 15.5. The zero-order valence-corrected chi connectivity index (χ0v) is 12.4. The van der Waals surface area contributed by atoms with E-state index in [4.69, 9.17) is 4.74 Å². The van der Waals surface area contributed by atoms with Crippen molar-refractivity contribution in [2.45, 2.75) is 18.8 Å². The van der Waals surface area contributed by atoms with Gasteiger partial charge >= 0.3 is 0 Å². The van der Waals surface area contributed by atoms with Gasteiger partial charge < -0.3 is 9.64 Å². The van der Waals surface area contributed by atoms with Crippen LogP contribution in [0.4, 0.5) is 4.39 Å². The van der Waals surface area contributed by atoms with Crippen molar-refractivity contribution in [1.29, 1.82) is 0 Å². The molecule has 3 rings (SSSR count). The molecule has 2 aromatic rings. The summed E-state index contributed by atoms with van der Waals surface area (Å²) in [6.07, 6.45) is 3.63. The molecule has 0 saturated carbocycles. The normalized spacial score (nSPS) is 18.3. The van der Waals surface area contributed by atoms with Crippen LogP contribution in [-0.4, -0.2) is 41.2 Å². The topological polar surface area (TPSA) is 58.2 Å². The van der Waals surface area contributed by atoms with Gasteiger partial charge in [0.1, 0.15) is 0 Å². The minimum absolute atomic E-state index is 0.0103. The first-order valence-electron chi connectivity index (χ1n) is 7.31. The lowest BCUT2D eigenvalue weighted by Crippen LogP contribution is -2.39. The van der Waals surface area contributed by atoms with Gasteiger partial charge in [-0.25, -0.2) is 4.39 Å². The minimum Gasteiger partial charge on any atom is -0.493 e. The number of nitrogens with one attached hydrogen (secondary N) is 1. The molecule has 0 radical (unpaired) electrons. The van der Waals surface area contributed by atoms with Gasteiger partial charge in [0, 0.05) is 30.9 Å². The van der Waals surface area contributed by atoms with E-state index in [0.717, 1.165) is 18.5 Å². The molecule has 0 aliphatic carbocycles. The average molecular weight is 303 g/mol. The van der Waals surface area contributed by atoms with Crippen LogP contribution < -0.4 is 4.74 Å². The molecule has 5 nitrogen and oxygen atoms in total. The van der Waals surface area contributed by atoms with Gasteiger partial charge in [0.25, 0.3) is 5.91 Å². The van der Waals surface area contributed by atoms with Crippen molar-refractivity contribution >= 4 is 5.91 Å². The Bertz CT molecular complexity index is 657. The van der Waals surface area contributed by atoms with Gasteiger partial charge in [-0.2, -0.15) is 5.10 Å². The number of carbonyl (C=O) groups is 1. The van der Waals surface area contributed by atoms with Crippen LogP contribution in [-0.2, 0) is 0 Å². The summed E-state index contributed by atoms with van der Waals surface area (Å²) in [4.78, 5) is 14.5. The number of likely N-dealkylation sites (tertiary alicyclic amines) is 1. The van der Waals surface area contributed by atoms with Crippen LogP contribution in [0, 0.1) is 5.82 Å². The molecule has 1 fully saturated rings. The second-order valence-electron chi connectivity index (χ2n) is 5.42. The summed E-state index contributed by atoms with van der Waals surface area (Å²) in [5, 5.41) is 6.93. The molecule has 1 aliphatic heterocycles. The highest BCUT2D eigenvalue weighted by atomic mass is 19.1. The molecule has 2 heterocycles. The van der Waals surface area contributed by atoms with Gasteiger partial charge in [-0.15, -0.1) is 0 Å². The molecular formula is C16H18FN3O2. The maximum atomic E-state index is 13.8. The summed E-state index contributed by atoms with van der Waals surface area (Å²) in [5.74, 6) is -0.466. The molecule has 1 aromatic heterocycles. The fourth-order valence-electron chi connectivity index (χ4n) is 2.96. The third-order valence-electron chi connectivity index (χ3n) is 4.07. The third-order valence-corrected chi connectivity index (χ3v) is 4.07. The van der Waals surface area contributed by atoms with E-state index < -0.39 is 5.82 Å². The molecule has 0 bridgehead atoms. The number of para-hydroxylation sites is 1. The number of ether oxygens (including phenoxy) is 1. The predicted molar refractivity (Wildman–Crippen MR) is 79.4 cm³/mol. The van der Waals surface area contributed by atoms with Crippen molar-refractivity contribution in [1.82, 2.24) is 15.1 Å². The predicted octanol–water partition coefficient (Wildman–Crippen LogP) is 2.58. The Morgan fingerprint density at radius 1 is 1.45 bits per heavy atom. The fraction of sp³-hybridized carbons (Fsp3) is 0.375. The molecule has 1 aliphatic rings. The van der Waals surface area contributed by atoms with Crippen LogP contribution >= 0.6 is 0 Å². The van der Waals surface area contributed by atoms with Crippen LogP contribution in [0.15, 0.2) is 30.5 Å². The van der Waals surface area contributed by atoms with Gasteiger partial charge in [0.05, 0.1) is 12.7 Å². The molecule has 6 heteroatoms. The lowest BCUT2D eigenvalue weighted by molar-refractivity contribution is 0.0701. The second kappa shape index (κ2) is 6.17. The van der Waals surface area contributed by atoms with Crippen molar-refractivity contribution in [3.63, 3.8) is 0 Å². The van der Waals surface area contributed by atoms with E-state index in [9.17, 15) is 9.18 Å². The number of piperidine rings is 1. The molecule has 22 heavy (non-hydrogen) atoms. The van der Waals surface area contributed by atoms with Crippen molar-refractivity contribution in [3.05, 3.63) is 47.5 Å². The Labute approximate surface area is 128 Å². The van der Waals surface area contributed by atoms with Crippen molar-refractivity contribution in [2.75, 3.05) is 20.2 Å². The number of hydrogen-bond acceptors (Lipinski definition) is 3. The highest BCUT2D eigenvalue weighted by Gasteiger charge is 2.28. The maximum absolute atomic E-state index is 13.8. The summed E-state index contributed by atoms with van der Waals surface area (Å²) >= 11 is 0. The Morgan fingerprint density at radius 2 is 2.32 bits per heavy atom. The smallest absolute Gasteiger partial charge is 0.257 e. The number of aromatic amines is 1. The van der Waals surface area contributed by atoms with Crippen LogP contribution in [0.5, 0.6) is 5.75 Å². The summed E-state index contributed by atoms with van der Waals surface area (Å²) in [6.45, 7) is 1.27. The molecule has 1 N–H and O–H groups in total. The highest BCUT2D eigenvalue weighted by molar-refractivity contribution is 5.97. The Kier molecular flexibility index (Phi) is 4.09. The molecule has 116 valence electrons. The van der Waals surface area contributed by atoms with E-state index in [1.54, 1.807) is 17.2 Å². The number of hydrogen-bond donors (Lipinski definition) is 1. The number of benzene rings is 1. The number of nitrogens with zero attached hydrogens (tertiary/aromatic N) is 2. The molecule has 1 amide bonds.